The molecule has 0 saturated heterocycles. The number of carbonyl (C=O) groups is 1. The van der Waals surface area contributed by atoms with Crippen molar-refractivity contribution in [2.24, 2.45) is 0 Å². The van der Waals surface area contributed by atoms with E-state index in [4.69, 9.17) is 0 Å². The number of rotatable bonds is 1. The van der Waals surface area contributed by atoms with Gasteiger partial charge in [0.05, 0.1) is 0 Å². The van der Waals surface area contributed by atoms with Crippen LogP contribution in [-0.2, 0) is 9.59 Å². The van der Waals surface area contributed by atoms with Crippen LogP contribution >= 0.6 is 0 Å². The molecule has 0 amide bonds. The highest BCUT2D eigenvalue weighted by atomic mass is 16.1. The van der Waals surface area contributed by atoms with E-state index in [0.717, 1.165) is 0 Å². The molecule has 1 aliphatic rings. The molecule has 2 heteroatoms. The summed E-state index contributed by atoms with van der Waals surface area (Å²) in [5.74, 6) is 0.0824. The third-order valence-corrected chi connectivity index (χ3v) is 1.44. The third-order valence-electron chi connectivity index (χ3n) is 1.44. The SMILES string of the molecule is CC1=CC([C]=O)=CCC1=O. The predicted molar refractivity (Wildman–Crippen MR) is 37.2 cm³/mol. The lowest BCUT2D eigenvalue weighted by atomic mass is 10.0. The van der Waals surface area contributed by atoms with Gasteiger partial charge in [0.15, 0.2) is 5.78 Å². The molecule has 0 aliphatic heterocycles. The van der Waals surface area contributed by atoms with Crippen LogP contribution in [0.2, 0.25) is 0 Å². The van der Waals surface area contributed by atoms with Gasteiger partial charge in [0.2, 0.25) is 6.29 Å². The summed E-state index contributed by atoms with van der Waals surface area (Å²) in [6.07, 6.45) is 5.22. The van der Waals surface area contributed by atoms with Crippen LogP contribution in [0.4, 0.5) is 0 Å². The highest BCUT2D eigenvalue weighted by Gasteiger charge is 2.08. The maximum absolute atomic E-state index is 10.8. The maximum atomic E-state index is 10.8. The van der Waals surface area contributed by atoms with Crippen LogP contribution < -0.4 is 0 Å². The molecule has 1 rings (SSSR count). The molecular formula is C8H7O2. The van der Waals surface area contributed by atoms with Gasteiger partial charge in [-0.1, -0.05) is 6.08 Å². The van der Waals surface area contributed by atoms with Gasteiger partial charge in [-0.3, -0.25) is 9.59 Å². The second-order valence-corrected chi connectivity index (χ2v) is 2.22. The Morgan fingerprint density at radius 2 is 2.30 bits per heavy atom. The van der Waals surface area contributed by atoms with Crippen LogP contribution in [0.15, 0.2) is 23.3 Å². The summed E-state index contributed by atoms with van der Waals surface area (Å²) in [5, 5.41) is 0. The molecule has 2 nitrogen and oxygen atoms in total. The first kappa shape index (κ1) is 6.93. The first-order valence-corrected chi connectivity index (χ1v) is 3.04. The summed E-state index contributed by atoms with van der Waals surface area (Å²) in [4.78, 5) is 20.9. The summed E-state index contributed by atoms with van der Waals surface area (Å²) in [6, 6.07) is 0. The number of allylic oxidation sites excluding steroid dienone is 4. The van der Waals surface area contributed by atoms with Crippen LogP contribution in [0.5, 0.6) is 0 Å². The molecule has 51 valence electrons. The first-order valence-electron chi connectivity index (χ1n) is 3.04. The minimum atomic E-state index is 0.0824. The standard InChI is InChI=1S/C8H7O2/c1-6-4-7(5-9)2-3-8(6)10/h2,4H,3H2,1H3. The summed E-state index contributed by atoms with van der Waals surface area (Å²) < 4.78 is 0. The topological polar surface area (TPSA) is 34.1 Å². The fraction of sp³-hybridized carbons (Fsp3) is 0.250. The van der Waals surface area contributed by atoms with Crippen LogP contribution in [-0.4, -0.2) is 12.1 Å². The molecule has 0 aromatic rings. The fourth-order valence-corrected chi connectivity index (χ4v) is 0.807. The number of carbonyl (C=O) groups excluding carboxylic acids is 2. The van der Waals surface area contributed by atoms with Gasteiger partial charge in [-0.15, -0.1) is 0 Å². The molecule has 0 atom stereocenters. The Labute approximate surface area is 59.2 Å². The molecule has 0 spiro atoms. The summed E-state index contributed by atoms with van der Waals surface area (Å²) >= 11 is 0. The zero-order valence-electron chi connectivity index (χ0n) is 5.68. The van der Waals surface area contributed by atoms with E-state index in [-0.39, 0.29) is 5.78 Å². The quantitative estimate of drug-likeness (QED) is 0.536. The monoisotopic (exact) mass is 135 g/mol. The highest BCUT2D eigenvalue weighted by molar-refractivity contribution is 6.00. The molecule has 0 N–H and O–H groups in total. The van der Waals surface area contributed by atoms with Gasteiger partial charge in [-0.2, -0.15) is 0 Å². The van der Waals surface area contributed by atoms with E-state index in [2.05, 4.69) is 0 Å². The van der Waals surface area contributed by atoms with Crippen molar-refractivity contribution in [1.29, 1.82) is 0 Å². The van der Waals surface area contributed by atoms with Crippen LogP contribution in [0.1, 0.15) is 13.3 Å². The molecule has 0 bridgehead atoms. The Balaban J connectivity index is 2.89. The lowest BCUT2D eigenvalue weighted by Gasteiger charge is -2.02. The van der Waals surface area contributed by atoms with Crippen molar-refractivity contribution in [2.45, 2.75) is 13.3 Å². The van der Waals surface area contributed by atoms with Gasteiger partial charge < -0.3 is 0 Å². The summed E-state index contributed by atoms with van der Waals surface area (Å²) in [6.45, 7) is 1.70. The van der Waals surface area contributed by atoms with Gasteiger partial charge >= 0.3 is 0 Å². The van der Waals surface area contributed by atoms with Crippen molar-refractivity contribution in [1.82, 2.24) is 0 Å². The minimum Gasteiger partial charge on any atom is -0.294 e. The van der Waals surface area contributed by atoms with Gasteiger partial charge in [0, 0.05) is 12.0 Å². The van der Waals surface area contributed by atoms with Gasteiger partial charge in [0.1, 0.15) is 0 Å². The van der Waals surface area contributed by atoms with E-state index in [1.165, 1.54) is 0 Å². The van der Waals surface area contributed by atoms with E-state index >= 15 is 0 Å². The zero-order valence-corrected chi connectivity index (χ0v) is 5.68. The average molecular weight is 135 g/mol. The van der Waals surface area contributed by atoms with Crippen LogP contribution in [0.3, 0.4) is 0 Å². The molecule has 10 heavy (non-hydrogen) atoms. The fourth-order valence-electron chi connectivity index (χ4n) is 0.807. The van der Waals surface area contributed by atoms with E-state index in [1.54, 1.807) is 25.4 Å². The molecule has 0 aromatic carbocycles. The largest absolute Gasteiger partial charge is 0.294 e. The number of hydrogen-bond acceptors (Lipinski definition) is 2. The second kappa shape index (κ2) is 2.60. The Hall–Kier alpha value is -1.18. The number of ketones is 1. The van der Waals surface area contributed by atoms with Crippen LogP contribution in [0.25, 0.3) is 0 Å². The molecule has 0 saturated carbocycles. The van der Waals surface area contributed by atoms with Crippen molar-refractivity contribution in [3.05, 3.63) is 23.3 Å². The third kappa shape index (κ3) is 1.21. The normalized spacial score (nSPS) is 17.9. The first-order chi connectivity index (χ1) is 4.74. The highest BCUT2D eigenvalue weighted by Crippen LogP contribution is 2.11. The molecule has 1 aliphatic carbocycles. The molecular weight excluding hydrogens is 128 g/mol. The van der Waals surface area contributed by atoms with Crippen LogP contribution in [0, 0.1) is 0 Å². The molecule has 0 aromatic heterocycles. The second-order valence-electron chi connectivity index (χ2n) is 2.22. The lowest BCUT2D eigenvalue weighted by Crippen LogP contribution is -2.03. The van der Waals surface area contributed by atoms with Gasteiger partial charge in [-0.05, 0) is 18.6 Å². The van der Waals surface area contributed by atoms with E-state index in [0.29, 0.717) is 17.6 Å². The van der Waals surface area contributed by atoms with Crippen molar-refractivity contribution in [3.63, 3.8) is 0 Å². The minimum absolute atomic E-state index is 0.0824. The van der Waals surface area contributed by atoms with Crippen molar-refractivity contribution in [2.75, 3.05) is 0 Å². The number of Topliss-reactive ketones (excluding diaryl/α,β-unsaturated/α-hetero) is 1. The molecule has 1 radical (unpaired) electrons. The van der Waals surface area contributed by atoms with Gasteiger partial charge in [0.25, 0.3) is 0 Å². The Bertz CT molecular complexity index is 234. The predicted octanol–water partition coefficient (Wildman–Crippen LogP) is 0.942. The molecule has 0 heterocycles. The smallest absolute Gasteiger partial charge is 0.233 e. The lowest BCUT2D eigenvalue weighted by molar-refractivity contribution is -0.114. The van der Waals surface area contributed by atoms with Crippen molar-refractivity contribution in [3.8, 4) is 0 Å². The molecule has 0 fully saturated rings. The Kier molecular flexibility index (Phi) is 1.81. The van der Waals surface area contributed by atoms with Crippen molar-refractivity contribution < 1.29 is 9.59 Å². The summed E-state index contributed by atoms with van der Waals surface area (Å²) in [7, 11) is 0. The average Bonchev–Trinajstić information content (AvgIpc) is 1.95. The van der Waals surface area contributed by atoms with E-state index < -0.39 is 0 Å². The molecule has 0 unspecified atom stereocenters. The number of hydrogen-bond donors (Lipinski definition) is 0. The summed E-state index contributed by atoms with van der Waals surface area (Å²) in [5.41, 5.74) is 1.12. The maximum Gasteiger partial charge on any atom is 0.233 e. The Morgan fingerprint density at radius 1 is 1.60 bits per heavy atom. The van der Waals surface area contributed by atoms with E-state index in [1.807, 2.05) is 0 Å². The van der Waals surface area contributed by atoms with E-state index in [9.17, 15) is 9.59 Å². The van der Waals surface area contributed by atoms with Gasteiger partial charge in [-0.25, -0.2) is 0 Å². The zero-order chi connectivity index (χ0) is 7.56. The Morgan fingerprint density at radius 3 is 2.80 bits per heavy atom. The van der Waals surface area contributed by atoms with Crippen molar-refractivity contribution >= 4 is 12.1 Å².